The van der Waals surface area contributed by atoms with Crippen molar-refractivity contribution < 1.29 is 4.79 Å². The van der Waals surface area contributed by atoms with E-state index in [0.717, 1.165) is 73.5 Å². The van der Waals surface area contributed by atoms with E-state index >= 15 is 0 Å². The summed E-state index contributed by atoms with van der Waals surface area (Å²) in [7, 11) is 0. The maximum absolute atomic E-state index is 12.3. The highest BCUT2D eigenvalue weighted by Crippen LogP contribution is 2.42. The molecule has 0 saturated carbocycles. The first-order valence-electron chi connectivity index (χ1n) is 12.4. The summed E-state index contributed by atoms with van der Waals surface area (Å²) in [6.45, 7) is 11.2. The molecule has 34 heavy (non-hydrogen) atoms. The van der Waals surface area contributed by atoms with E-state index in [4.69, 9.17) is 9.97 Å². The first kappa shape index (κ1) is 23.2. The van der Waals surface area contributed by atoms with E-state index in [9.17, 15) is 4.79 Å². The number of nitrogens with zero attached hydrogens (tertiary/aromatic N) is 5. The summed E-state index contributed by atoms with van der Waals surface area (Å²) in [5, 5.41) is 4.29. The Morgan fingerprint density at radius 3 is 2.79 bits per heavy atom. The van der Waals surface area contributed by atoms with Gasteiger partial charge in [0.1, 0.15) is 10.6 Å². The van der Waals surface area contributed by atoms with Crippen molar-refractivity contribution in [2.45, 2.75) is 40.0 Å². The average Bonchev–Trinajstić information content (AvgIpc) is 3.20. The van der Waals surface area contributed by atoms with Crippen LogP contribution in [0.25, 0.3) is 21.6 Å². The van der Waals surface area contributed by atoms with Crippen LogP contribution in [0.2, 0.25) is 0 Å². The summed E-state index contributed by atoms with van der Waals surface area (Å²) in [5.74, 6) is 3.11. The van der Waals surface area contributed by atoms with Crippen molar-refractivity contribution in [3.05, 3.63) is 35.0 Å². The fraction of sp³-hybridized carbons (Fsp3) is 0.538. The quantitative estimate of drug-likeness (QED) is 0.581. The van der Waals surface area contributed by atoms with Gasteiger partial charge in [0.2, 0.25) is 5.91 Å². The zero-order chi connectivity index (χ0) is 23.7. The molecule has 4 heterocycles. The Kier molecular flexibility index (Phi) is 6.79. The normalized spacial score (nSPS) is 18.9. The number of thiophene rings is 1. The summed E-state index contributed by atoms with van der Waals surface area (Å²) in [5.41, 5.74) is 2.41. The molecule has 180 valence electrons. The van der Waals surface area contributed by atoms with Crippen molar-refractivity contribution in [3.8, 4) is 11.4 Å². The molecule has 7 nitrogen and oxygen atoms in total. The lowest BCUT2D eigenvalue weighted by molar-refractivity contribution is -0.122. The Bertz CT molecular complexity index is 1150. The minimum Gasteiger partial charge on any atom is -0.355 e. The van der Waals surface area contributed by atoms with Crippen LogP contribution in [0.3, 0.4) is 0 Å². The third-order valence-corrected chi connectivity index (χ3v) is 7.95. The van der Waals surface area contributed by atoms with Crippen LogP contribution in [0.1, 0.15) is 37.6 Å². The van der Waals surface area contributed by atoms with Crippen LogP contribution in [-0.2, 0) is 17.6 Å². The molecule has 3 aromatic rings. The van der Waals surface area contributed by atoms with Gasteiger partial charge < -0.3 is 10.2 Å². The monoisotopic (exact) mass is 478 g/mol. The van der Waals surface area contributed by atoms with Crippen LogP contribution < -0.4 is 10.2 Å². The third-order valence-electron chi connectivity index (χ3n) is 6.80. The number of carbonyl (C=O) groups is 1. The Labute approximate surface area is 205 Å². The standard InChI is InChI=1S/C26H34N6OS/c1-17(2)14-28-22(33)16-31-9-11-32(12-10-31)25-23-20-7-6-18(3)13-21(20)34-26(23)30-24(29-25)19-5-4-8-27-15-19/h4-5,8,15,17-18H,6-7,9-14,16H2,1-3H3,(H,28,33)/t18-/m1/s1. The predicted octanol–water partition coefficient (Wildman–Crippen LogP) is 3.77. The van der Waals surface area contributed by atoms with E-state index < -0.39 is 0 Å². The van der Waals surface area contributed by atoms with E-state index in [0.29, 0.717) is 12.5 Å². The smallest absolute Gasteiger partial charge is 0.234 e. The molecule has 0 spiro atoms. The Morgan fingerprint density at radius 1 is 1.24 bits per heavy atom. The van der Waals surface area contributed by atoms with Gasteiger partial charge in [0.25, 0.3) is 0 Å². The second kappa shape index (κ2) is 9.96. The van der Waals surface area contributed by atoms with Crippen molar-refractivity contribution in [2.75, 3.05) is 44.2 Å². The molecule has 1 saturated heterocycles. The van der Waals surface area contributed by atoms with Gasteiger partial charge in [-0.3, -0.25) is 14.7 Å². The van der Waals surface area contributed by atoms with Crippen molar-refractivity contribution in [3.63, 3.8) is 0 Å². The fourth-order valence-electron chi connectivity index (χ4n) is 4.87. The molecular weight excluding hydrogens is 444 g/mol. The van der Waals surface area contributed by atoms with E-state index in [2.05, 4.69) is 40.9 Å². The minimum atomic E-state index is 0.117. The molecule has 8 heteroatoms. The summed E-state index contributed by atoms with van der Waals surface area (Å²) >= 11 is 1.85. The highest BCUT2D eigenvalue weighted by Gasteiger charge is 2.28. The average molecular weight is 479 g/mol. The van der Waals surface area contributed by atoms with E-state index in [-0.39, 0.29) is 5.91 Å². The first-order valence-corrected chi connectivity index (χ1v) is 13.3. The Morgan fingerprint density at radius 2 is 2.06 bits per heavy atom. The molecular formula is C26H34N6OS. The summed E-state index contributed by atoms with van der Waals surface area (Å²) in [6, 6.07) is 3.97. The lowest BCUT2D eigenvalue weighted by Crippen LogP contribution is -2.50. The molecule has 0 radical (unpaired) electrons. The Hall–Kier alpha value is -2.58. The van der Waals surface area contributed by atoms with Gasteiger partial charge in [-0.1, -0.05) is 20.8 Å². The molecule has 0 aromatic carbocycles. The number of rotatable bonds is 6. The number of nitrogens with one attached hydrogen (secondary N) is 1. The maximum atomic E-state index is 12.3. The summed E-state index contributed by atoms with van der Waals surface area (Å²) in [6.07, 6.45) is 7.09. The van der Waals surface area contributed by atoms with Crippen LogP contribution >= 0.6 is 11.3 Å². The van der Waals surface area contributed by atoms with Crippen molar-refractivity contribution in [1.82, 2.24) is 25.2 Å². The van der Waals surface area contributed by atoms with E-state index in [1.165, 1.54) is 22.2 Å². The molecule has 5 rings (SSSR count). The number of carbonyl (C=O) groups excluding carboxylic acids is 1. The molecule has 1 N–H and O–H groups in total. The van der Waals surface area contributed by atoms with E-state index in [1.807, 2.05) is 29.7 Å². The van der Waals surface area contributed by atoms with E-state index in [1.54, 1.807) is 6.20 Å². The number of piperazine rings is 1. The van der Waals surface area contributed by atoms with Gasteiger partial charge in [-0.05, 0) is 48.8 Å². The van der Waals surface area contributed by atoms with Crippen molar-refractivity contribution in [1.29, 1.82) is 0 Å². The third kappa shape index (κ3) is 4.93. The zero-order valence-corrected chi connectivity index (χ0v) is 21.2. The predicted molar refractivity (Wildman–Crippen MR) is 138 cm³/mol. The molecule has 1 aliphatic carbocycles. The van der Waals surface area contributed by atoms with Crippen LogP contribution in [-0.4, -0.2) is 65.0 Å². The van der Waals surface area contributed by atoms with Crippen molar-refractivity contribution >= 4 is 33.3 Å². The summed E-state index contributed by atoms with van der Waals surface area (Å²) in [4.78, 5) is 33.9. The van der Waals surface area contributed by atoms with Gasteiger partial charge in [0, 0.05) is 55.6 Å². The van der Waals surface area contributed by atoms with Crippen LogP contribution in [0, 0.1) is 11.8 Å². The van der Waals surface area contributed by atoms with Crippen LogP contribution in [0.15, 0.2) is 24.5 Å². The minimum absolute atomic E-state index is 0.117. The van der Waals surface area contributed by atoms with Gasteiger partial charge in [-0.15, -0.1) is 11.3 Å². The molecule has 0 bridgehead atoms. The second-order valence-corrected chi connectivity index (χ2v) is 11.2. The van der Waals surface area contributed by atoms with Gasteiger partial charge >= 0.3 is 0 Å². The maximum Gasteiger partial charge on any atom is 0.234 e. The number of aromatic nitrogens is 3. The Balaban J connectivity index is 1.41. The van der Waals surface area contributed by atoms with Gasteiger partial charge in [0.05, 0.1) is 11.9 Å². The summed E-state index contributed by atoms with van der Waals surface area (Å²) < 4.78 is 0. The van der Waals surface area contributed by atoms with Gasteiger partial charge in [-0.2, -0.15) is 0 Å². The SMILES string of the molecule is CC(C)CNC(=O)CN1CCN(c2nc(-c3cccnc3)nc3sc4c(c23)CC[C@@H](C)C4)CC1. The number of hydrogen-bond acceptors (Lipinski definition) is 7. The molecule has 1 amide bonds. The molecule has 3 aromatic heterocycles. The lowest BCUT2D eigenvalue weighted by Gasteiger charge is -2.35. The largest absolute Gasteiger partial charge is 0.355 e. The molecule has 2 aliphatic rings. The van der Waals surface area contributed by atoms with Crippen molar-refractivity contribution in [2.24, 2.45) is 11.8 Å². The zero-order valence-electron chi connectivity index (χ0n) is 20.4. The molecule has 1 aliphatic heterocycles. The molecule has 1 fully saturated rings. The van der Waals surface area contributed by atoms with Gasteiger partial charge in [-0.25, -0.2) is 9.97 Å². The fourth-order valence-corrected chi connectivity index (χ4v) is 6.25. The number of pyridine rings is 1. The highest BCUT2D eigenvalue weighted by atomic mass is 32.1. The first-order chi connectivity index (χ1) is 16.5. The second-order valence-electron chi connectivity index (χ2n) is 10.1. The number of aryl methyl sites for hydroxylation is 1. The van der Waals surface area contributed by atoms with Crippen LogP contribution in [0.4, 0.5) is 5.82 Å². The number of amides is 1. The topological polar surface area (TPSA) is 74.2 Å². The molecule has 0 unspecified atom stereocenters. The number of hydrogen-bond donors (Lipinski definition) is 1. The molecule has 1 atom stereocenters. The lowest BCUT2D eigenvalue weighted by atomic mass is 9.89. The highest BCUT2D eigenvalue weighted by molar-refractivity contribution is 7.19. The number of anilines is 1. The van der Waals surface area contributed by atoms with Crippen LogP contribution in [0.5, 0.6) is 0 Å². The number of fused-ring (bicyclic) bond motifs is 3. The van der Waals surface area contributed by atoms with Gasteiger partial charge in [0.15, 0.2) is 5.82 Å².